The summed E-state index contributed by atoms with van der Waals surface area (Å²) in [6.45, 7) is 2.19. The highest BCUT2D eigenvalue weighted by Gasteiger charge is 2.26. The van der Waals surface area contributed by atoms with Gasteiger partial charge >= 0.3 is 5.97 Å². The van der Waals surface area contributed by atoms with E-state index < -0.39 is 11.9 Å². The largest absolute Gasteiger partial charge is 0.452 e. The Morgan fingerprint density at radius 3 is 2.59 bits per heavy atom. The fraction of sp³-hybridized carbons (Fsp3) is 0.286. The molecular formula is C21H22N2O4. The summed E-state index contributed by atoms with van der Waals surface area (Å²) in [4.78, 5) is 38.2. The first-order valence-corrected chi connectivity index (χ1v) is 9.04. The van der Waals surface area contributed by atoms with Gasteiger partial charge in [-0.1, -0.05) is 37.3 Å². The van der Waals surface area contributed by atoms with Crippen LogP contribution in [-0.2, 0) is 20.7 Å². The van der Waals surface area contributed by atoms with Gasteiger partial charge in [-0.25, -0.2) is 4.79 Å². The van der Waals surface area contributed by atoms with Crippen molar-refractivity contribution in [3.05, 3.63) is 59.7 Å². The van der Waals surface area contributed by atoms with Gasteiger partial charge in [-0.2, -0.15) is 0 Å². The molecule has 1 saturated heterocycles. The Morgan fingerprint density at radius 2 is 1.85 bits per heavy atom. The summed E-state index contributed by atoms with van der Waals surface area (Å²) >= 11 is 0. The van der Waals surface area contributed by atoms with E-state index in [0.29, 0.717) is 24.3 Å². The van der Waals surface area contributed by atoms with Crippen LogP contribution in [-0.4, -0.2) is 30.9 Å². The molecule has 6 heteroatoms. The molecule has 0 unspecified atom stereocenters. The summed E-state index contributed by atoms with van der Waals surface area (Å²) in [5.41, 5.74) is 2.54. The fourth-order valence-corrected chi connectivity index (χ4v) is 3.13. The molecule has 140 valence electrons. The second kappa shape index (κ2) is 8.49. The maximum absolute atomic E-state index is 12.5. The monoisotopic (exact) mass is 366 g/mol. The predicted octanol–water partition coefficient (Wildman–Crippen LogP) is 3.17. The van der Waals surface area contributed by atoms with E-state index in [4.69, 9.17) is 4.74 Å². The highest BCUT2D eigenvalue weighted by Crippen LogP contribution is 2.26. The quantitative estimate of drug-likeness (QED) is 0.797. The van der Waals surface area contributed by atoms with Crippen molar-refractivity contribution in [1.29, 1.82) is 0 Å². The van der Waals surface area contributed by atoms with Crippen LogP contribution in [0.4, 0.5) is 11.4 Å². The molecule has 3 rings (SSSR count). The average molecular weight is 366 g/mol. The molecule has 0 spiro atoms. The maximum Gasteiger partial charge on any atom is 0.340 e. The molecule has 1 aliphatic rings. The molecule has 1 fully saturated rings. The first-order valence-electron chi connectivity index (χ1n) is 9.04. The summed E-state index contributed by atoms with van der Waals surface area (Å²) in [7, 11) is 0. The number of amides is 2. The van der Waals surface area contributed by atoms with E-state index in [2.05, 4.69) is 5.32 Å². The molecule has 2 aromatic rings. The van der Waals surface area contributed by atoms with Crippen molar-refractivity contribution in [3.63, 3.8) is 0 Å². The van der Waals surface area contributed by atoms with Gasteiger partial charge in [0.15, 0.2) is 6.61 Å². The van der Waals surface area contributed by atoms with Gasteiger partial charge in [0.2, 0.25) is 5.91 Å². The van der Waals surface area contributed by atoms with E-state index in [1.807, 2.05) is 31.2 Å². The molecule has 0 aromatic heterocycles. The molecule has 0 saturated carbocycles. The minimum atomic E-state index is -0.621. The second-order valence-corrected chi connectivity index (χ2v) is 6.30. The SMILES string of the molecule is CCc1ccccc1NC(=O)COC(=O)c1ccccc1N1CCCC1=O. The van der Waals surface area contributed by atoms with Crippen LogP contribution in [0, 0.1) is 0 Å². The molecule has 2 amide bonds. The average Bonchev–Trinajstić information content (AvgIpc) is 3.12. The minimum absolute atomic E-state index is 0.0100. The number of anilines is 2. The van der Waals surface area contributed by atoms with Crippen molar-refractivity contribution in [2.45, 2.75) is 26.2 Å². The fourth-order valence-electron chi connectivity index (χ4n) is 3.13. The van der Waals surface area contributed by atoms with Crippen LogP contribution in [0.1, 0.15) is 35.7 Å². The third-order valence-electron chi connectivity index (χ3n) is 4.49. The van der Waals surface area contributed by atoms with Crippen LogP contribution in [0.15, 0.2) is 48.5 Å². The lowest BCUT2D eigenvalue weighted by atomic mass is 10.1. The van der Waals surface area contributed by atoms with Crippen LogP contribution >= 0.6 is 0 Å². The molecule has 2 aromatic carbocycles. The molecule has 1 N–H and O–H groups in total. The number of hydrogen-bond acceptors (Lipinski definition) is 4. The van der Waals surface area contributed by atoms with Crippen molar-refractivity contribution in [2.24, 2.45) is 0 Å². The zero-order valence-corrected chi connectivity index (χ0v) is 15.2. The van der Waals surface area contributed by atoms with Gasteiger partial charge in [0.25, 0.3) is 5.91 Å². The number of nitrogens with zero attached hydrogens (tertiary/aromatic N) is 1. The Morgan fingerprint density at radius 1 is 1.11 bits per heavy atom. The molecule has 27 heavy (non-hydrogen) atoms. The number of hydrogen-bond donors (Lipinski definition) is 1. The highest BCUT2D eigenvalue weighted by atomic mass is 16.5. The van der Waals surface area contributed by atoms with Crippen LogP contribution in [0.3, 0.4) is 0 Å². The smallest absolute Gasteiger partial charge is 0.340 e. The zero-order valence-electron chi connectivity index (χ0n) is 15.2. The van der Waals surface area contributed by atoms with Crippen molar-refractivity contribution >= 4 is 29.2 Å². The third-order valence-corrected chi connectivity index (χ3v) is 4.49. The van der Waals surface area contributed by atoms with Crippen LogP contribution < -0.4 is 10.2 Å². The molecule has 0 radical (unpaired) electrons. The normalized spacial score (nSPS) is 13.5. The zero-order chi connectivity index (χ0) is 19.2. The summed E-state index contributed by atoms with van der Waals surface area (Å²) in [5.74, 6) is -1.03. The molecule has 1 heterocycles. The van der Waals surface area contributed by atoms with Gasteiger partial charge in [0.05, 0.1) is 11.3 Å². The molecule has 6 nitrogen and oxygen atoms in total. The molecule has 0 bridgehead atoms. The van der Waals surface area contributed by atoms with Crippen LogP contribution in [0.5, 0.6) is 0 Å². The topological polar surface area (TPSA) is 75.7 Å². The van der Waals surface area contributed by atoms with Gasteiger partial charge in [0.1, 0.15) is 0 Å². The summed E-state index contributed by atoms with van der Waals surface area (Å²) < 4.78 is 5.18. The van der Waals surface area contributed by atoms with Gasteiger partial charge in [-0.15, -0.1) is 0 Å². The predicted molar refractivity (Wildman–Crippen MR) is 103 cm³/mol. The number of carbonyl (C=O) groups excluding carboxylic acids is 3. The van der Waals surface area contributed by atoms with Crippen LogP contribution in [0.2, 0.25) is 0 Å². The van der Waals surface area contributed by atoms with Crippen molar-refractivity contribution in [2.75, 3.05) is 23.4 Å². The van der Waals surface area contributed by atoms with Gasteiger partial charge in [-0.05, 0) is 36.6 Å². The molecular weight excluding hydrogens is 344 g/mol. The molecule has 0 atom stereocenters. The lowest BCUT2D eigenvalue weighted by Gasteiger charge is -2.18. The number of esters is 1. The standard InChI is InChI=1S/C21H22N2O4/c1-2-15-8-3-5-10-17(15)22-19(24)14-27-21(26)16-9-4-6-11-18(16)23-13-7-12-20(23)25/h3-6,8-11H,2,7,12-14H2,1H3,(H,22,24). The number of carbonyl (C=O) groups is 3. The number of ether oxygens (including phenoxy) is 1. The molecule has 1 aliphatic heterocycles. The first-order chi connectivity index (χ1) is 13.1. The van der Waals surface area contributed by atoms with E-state index >= 15 is 0 Å². The number of aryl methyl sites for hydroxylation is 1. The maximum atomic E-state index is 12.5. The summed E-state index contributed by atoms with van der Waals surface area (Å²) in [5, 5.41) is 2.76. The lowest BCUT2D eigenvalue weighted by Crippen LogP contribution is -2.27. The Labute approximate surface area is 158 Å². The Bertz CT molecular complexity index is 863. The van der Waals surface area contributed by atoms with Crippen molar-refractivity contribution in [1.82, 2.24) is 0 Å². The summed E-state index contributed by atoms with van der Waals surface area (Å²) in [6.07, 6.45) is 2.03. The van der Waals surface area contributed by atoms with E-state index in [1.165, 1.54) is 0 Å². The van der Waals surface area contributed by atoms with Crippen LogP contribution in [0.25, 0.3) is 0 Å². The van der Waals surface area contributed by atoms with E-state index in [0.717, 1.165) is 18.4 Å². The van der Waals surface area contributed by atoms with Gasteiger partial charge < -0.3 is 15.0 Å². The minimum Gasteiger partial charge on any atom is -0.452 e. The van der Waals surface area contributed by atoms with E-state index in [1.54, 1.807) is 29.2 Å². The Kier molecular flexibility index (Phi) is 5.86. The number of rotatable bonds is 6. The van der Waals surface area contributed by atoms with Gasteiger partial charge in [0, 0.05) is 18.7 Å². The lowest BCUT2D eigenvalue weighted by molar-refractivity contribution is -0.119. The van der Waals surface area contributed by atoms with Crippen molar-refractivity contribution < 1.29 is 19.1 Å². The Hall–Kier alpha value is -3.15. The summed E-state index contributed by atoms with van der Waals surface area (Å²) in [6, 6.07) is 14.3. The van der Waals surface area contributed by atoms with E-state index in [-0.39, 0.29) is 18.1 Å². The van der Waals surface area contributed by atoms with Gasteiger partial charge in [-0.3, -0.25) is 9.59 Å². The Balaban J connectivity index is 1.64. The first kappa shape index (κ1) is 18.6. The highest BCUT2D eigenvalue weighted by molar-refractivity contribution is 6.04. The second-order valence-electron chi connectivity index (χ2n) is 6.30. The number of para-hydroxylation sites is 2. The molecule has 0 aliphatic carbocycles. The van der Waals surface area contributed by atoms with Crippen molar-refractivity contribution in [3.8, 4) is 0 Å². The van der Waals surface area contributed by atoms with E-state index in [9.17, 15) is 14.4 Å². The third kappa shape index (κ3) is 4.34. The number of nitrogens with one attached hydrogen (secondary N) is 1. The number of benzene rings is 2.